The second kappa shape index (κ2) is 5.42. The van der Waals surface area contributed by atoms with Gasteiger partial charge < -0.3 is 5.32 Å². The van der Waals surface area contributed by atoms with E-state index in [4.69, 9.17) is 0 Å². The Balaban J connectivity index is 1.69. The van der Waals surface area contributed by atoms with Crippen molar-refractivity contribution in [3.8, 4) is 0 Å². The quantitative estimate of drug-likeness (QED) is 0.762. The van der Waals surface area contributed by atoms with Crippen LogP contribution in [0, 0.1) is 0 Å². The highest BCUT2D eigenvalue weighted by molar-refractivity contribution is 5.09. The van der Waals surface area contributed by atoms with Crippen LogP contribution in [0.2, 0.25) is 0 Å². The first-order chi connectivity index (χ1) is 7.84. The molecular formula is C12H16N4. The fourth-order valence-corrected chi connectivity index (χ4v) is 1.55. The number of pyridine rings is 1. The molecule has 0 radical (unpaired) electrons. The molecule has 2 aromatic heterocycles. The molecule has 0 saturated heterocycles. The fraction of sp³-hybridized carbons (Fsp3) is 0.333. The van der Waals surface area contributed by atoms with Crippen LogP contribution in [0.4, 0.5) is 0 Å². The summed E-state index contributed by atoms with van der Waals surface area (Å²) >= 11 is 0. The molecule has 0 aliphatic rings. The summed E-state index contributed by atoms with van der Waals surface area (Å²) in [4.78, 5) is 3.98. The highest BCUT2D eigenvalue weighted by Crippen LogP contribution is 1.96. The zero-order valence-corrected chi connectivity index (χ0v) is 9.43. The third-order valence-electron chi connectivity index (χ3n) is 2.41. The molecule has 0 aliphatic heterocycles. The molecule has 0 aromatic carbocycles. The Morgan fingerprint density at radius 3 is 2.75 bits per heavy atom. The third-order valence-corrected chi connectivity index (χ3v) is 2.41. The van der Waals surface area contributed by atoms with Crippen LogP contribution < -0.4 is 5.32 Å². The van der Waals surface area contributed by atoms with Crippen LogP contribution in [0.15, 0.2) is 36.8 Å². The van der Waals surface area contributed by atoms with E-state index in [1.165, 1.54) is 5.56 Å². The van der Waals surface area contributed by atoms with Crippen LogP contribution >= 0.6 is 0 Å². The van der Waals surface area contributed by atoms with E-state index in [-0.39, 0.29) is 0 Å². The van der Waals surface area contributed by atoms with Crippen molar-refractivity contribution >= 4 is 0 Å². The molecule has 2 heterocycles. The summed E-state index contributed by atoms with van der Waals surface area (Å²) in [5.41, 5.74) is 2.39. The standard InChI is InChI=1S/C12H16N4/c1-16-9-5-12(15-16)4-8-14-10-11-2-6-13-7-3-11/h2-3,5-7,9,14H,4,8,10H2,1H3. The maximum absolute atomic E-state index is 4.32. The molecule has 1 N–H and O–H groups in total. The fourth-order valence-electron chi connectivity index (χ4n) is 1.55. The highest BCUT2D eigenvalue weighted by Gasteiger charge is 1.96. The Morgan fingerprint density at radius 1 is 1.25 bits per heavy atom. The van der Waals surface area contributed by atoms with Gasteiger partial charge in [0.05, 0.1) is 5.69 Å². The maximum atomic E-state index is 4.32. The summed E-state index contributed by atoms with van der Waals surface area (Å²) in [5, 5.41) is 7.70. The number of rotatable bonds is 5. The minimum absolute atomic E-state index is 0.884. The predicted molar refractivity (Wildman–Crippen MR) is 62.9 cm³/mol. The van der Waals surface area contributed by atoms with Crippen molar-refractivity contribution in [2.75, 3.05) is 6.54 Å². The topological polar surface area (TPSA) is 42.7 Å². The normalized spacial score (nSPS) is 10.6. The lowest BCUT2D eigenvalue weighted by Crippen LogP contribution is -2.16. The summed E-state index contributed by atoms with van der Waals surface area (Å²) in [7, 11) is 1.94. The van der Waals surface area contributed by atoms with E-state index in [0.717, 1.165) is 25.2 Å². The summed E-state index contributed by atoms with van der Waals surface area (Å²) in [6.07, 6.45) is 6.57. The van der Waals surface area contributed by atoms with E-state index >= 15 is 0 Å². The second-order valence-corrected chi connectivity index (χ2v) is 3.76. The van der Waals surface area contributed by atoms with Gasteiger partial charge in [-0.3, -0.25) is 9.67 Å². The van der Waals surface area contributed by atoms with E-state index < -0.39 is 0 Å². The number of nitrogens with zero attached hydrogens (tertiary/aromatic N) is 3. The van der Waals surface area contributed by atoms with E-state index in [2.05, 4.69) is 15.4 Å². The molecule has 0 amide bonds. The van der Waals surface area contributed by atoms with E-state index in [0.29, 0.717) is 0 Å². The Labute approximate surface area is 95.3 Å². The van der Waals surface area contributed by atoms with Crippen molar-refractivity contribution in [2.45, 2.75) is 13.0 Å². The first-order valence-corrected chi connectivity index (χ1v) is 5.43. The van der Waals surface area contributed by atoms with Gasteiger partial charge >= 0.3 is 0 Å². The summed E-state index contributed by atoms with van der Waals surface area (Å²) in [5.74, 6) is 0. The molecule has 16 heavy (non-hydrogen) atoms. The van der Waals surface area contributed by atoms with E-state index in [1.54, 1.807) is 0 Å². The van der Waals surface area contributed by atoms with Crippen molar-refractivity contribution in [3.63, 3.8) is 0 Å². The van der Waals surface area contributed by atoms with Gasteiger partial charge in [0.2, 0.25) is 0 Å². The van der Waals surface area contributed by atoms with Gasteiger partial charge in [-0.2, -0.15) is 5.10 Å². The van der Waals surface area contributed by atoms with Gasteiger partial charge in [0.25, 0.3) is 0 Å². The third kappa shape index (κ3) is 3.17. The van der Waals surface area contributed by atoms with Crippen molar-refractivity contribution in [1.82, 2.24) is 20.1 Å². The van der Waals surface area contributed by atoms with Crippen LogP contribution in [0.25, 0.3) is 0 Å². The van der Waals surface area contributed by atoms with Crippen LogP contribution in [0.5, 0.6) is 0 Å². The van der Waals surface area contributed by atoms with Crippen molar-refractivity contribution < 1.29 is 0 Å². The molecule has 4 nitrogen and oxygen atoms in total. The lowest BCUT2D eigenvalue weighted by molar-refractivity contribution is 0.665. The largest absolute Gasteiger partial charge is 0.312 e. The monoisotopic (exact) mass is 216 g/mol. The SMILES string of the molecule is Cn1ccc(CCNCc2ccncc2)n1. The van der Waals surface area contributed by atoms with E-state index in [1.807, 2.05) is 48.5 Å². The van der Waals surface area contributed by atoms with Crippen molar-refractivity contribution in [3.05, 3.63) is 48.0 Å². The van der Waals surface area contributed by atoms with Gasteiger partial charge in [0.1, 0.15) is 0 Å². The molecular weight excluding hydrogens is 200 g/mol. The van der Waals surface area contributed by atoms with Gasteiger partial charge in [-0.1, -0.05) is 0 Å². The first kappa shape index (κ1) is 10.8. The number of nitrogens with one attached hydrogen (secondary N) is 1. The van der Waals surface area contributed by atoms with Gasteiger partial charge in [0.15, 0.2) is 0 Å². The smallest absolute Gasteiger partial charge is 0.0637 e. The Morgan fingerprint density at radius 2 is 2.06 bits per heavy atom. The number of aryl methyl sites for hydroxylation is 1. The lowest BCUT2D eigenvalue weighted by Gasteiger charge is -2.02. The minimum Gasteiger partial charge on any atom is -0.312 e. The number of hydrogen-bond acceptors (Lipinski definition) is 3. The Kier molecular flexibility index (Phi) is 3.66. The molecule has 0 atom stereocenters. The maximum Gasteiger partial charge on any atom is 0.0637 e. The van der Waals surface area contributed by atoms with Gasteiger partial charge in [-0.05, 0) is 23.8 Å². The molecule has 0 fully saturated rings. The molecule has 0 bridgehead atoms. The zero-order valence-electron chi connectivity index (χ0n) is 9.43. The summed E-state index contributed by atoms with van der Waals surface area (Å²) in [6, 6.07) is 6.09. The molecule has 0 unspecified atom stereocenters. The Hall–Kier alpha value is -1.68. The van der Waals surface area contributed by atoms with Crippen molar-refractivity contribution in [2.24, 2.45) is 7.05 Å². The number of aromatic nitrogens is 3. The zero-order chi connectivity index (χ0) is 11.2. The van der Waals surface area contributed by atoms with Crippen LogP contribution in [-0.2, 0) is 20.0 Å². The molecule has 2 aromatic rings. The molecule has 4 heteroatoms. The molecule has 0 saturated carbocycles. The highest BCUT2D eigenvalue weighted by atomic mass is 15.2. The van der Waals surface area contributed by atoms with Crippen LogP contribution in [0.3, 0.4) is 0 Å². The first-order valence-electron chi connectivity index (χ1n) is 5.43. The number of hydrogen-bond donors (Lipinski definition) is 1. The van der Waals surface area contributed by atoms with E-state index in [9.17, 15) is 0 Å². The van der Waals surface area contributed by atoms with Crippen molar-refractivity contribution in [1.29, 1.82) is 0 Å². The minimum atomic E-state index is 0.884. The molecule has 0 spiro atoms. The average Bonchev–Trinajstić information content (AvgIpc) is 2.72. The predicted octanol–water partition coefficient (Wildman–Crippen LogP) is 1.15. The second-order valence-electron chi connectivity index (χ2n) is 3.76. The summed E-state index contributed by atoms with van der Waals surface area (Å²) in [6.45, 7) is 1.83. The lowest BCUT2D eigenvalue weighted by atomic mass is 10.2. The van der Waals surface area contributed by atoms with Gasteiger partial charge in [0, 0.05) is 45.1 Å². The molecule has 2 rings (SSSR count). The van der Waals surface area contributed by atoms with Crippen LogP contribution in [-0.4, -0.2) is 21.3 Å². The van der Waals surface area contributed by atoms with Gasteiger partial charge in [-0.15, -0.1) is 0 Å². The average molecular weight is 216 g/mol. The molecule has 0 aliphatic carbocycles. The molecule has 84 valence electrons. The van der Waals surface area contributed by atoms with Gasteiger partial charge in [-0.25, -0.2) is 0 Å². The van der Waals surface area contributed by atoms with Crippen LogP contribution in [0.1, 0.15) is 11.3 Å². The Bertz CT molecular complexity index is 422. The summed E-state index contributed by atoms with van der Waals surface area (Å²) < 4.78 is 1.83.